The monoisotopic (exact) mass is 545 g/mol. The number of halogens is 1. The topological polar surface area (TPSA) is 132 Å². The molecule has 2 amide bonds. The number of carbonyl (C=O) groups is 1. The summed E-state index contributed by atoms with van der Waals surface area (Å²) in [5.74, 6) is -0.739. The highest BCUT2D eigenvalue weighted by Crippen LogP contribution is 2.37. The van der Waals surface area contributed by atoms with Crippen molar-refractivity contribution in [1.82, 2.24) is 9.80 Å². The molecule has 0 bridgehead atoms. The number of likely N-dealkylation sites (N-methyl/N-ethyl adjacent to an activating group) is 1. The molecule has 2 atom stereocenters. The van der Waals surface area contributed by atoms with Gasteiger partial charge in [0.25, 0.3) is 0 Å². The van der Waals surface area contributed by atoms with Crippen LogP contribution in [0.1, 0.15) is 19.4 Å². The molecule has 1 heterocycles. The summed E-state index contributed by atoms with van der Waals surface area (Å²) in [6, 6.07) is 11.0. The summed E-state index contributed by atoms with van der Waals surface area (Å²) in [5.41, 5.74) is 2.74. The van der Waals surface area contributed by atoms with Crippen molar-refractivity contribution < 1.29 is 24.5 Å². The molecule has 1 unspecified atom stereocenters. The number of aromatic hydroxyl groups is 1. The van der Waals surface area contributed by atoms with Crippen molar-refractivity contribution in [2.75, 3.05) is 36.8 Å². The molecule has 4 rings (SSSR count). The summed E-state index contributed by atoms with van der Waals surface area (Å²) in [6.07, 6.45) is 6.21. The molecule has 1 aliphatic carbocycles. The molecule has 5 N–H and O–H groups in total. The van der Waals surface area contributed by atoms with E-state index in [1.807, 2.05) is 37.1 Å². The van der Waals surface area contributed by atoms with Gasteiger partial charge in [-0.1, -0.05) is 19.9 Å². The van der Waals surface area contributed by atoms with Gasteiger partial charge in [-0.25, -0.2) is 9.18 Å². The van der Waals surface area contributed by atoms with Crippen LogP contribution in [-0.2, 0) is 0 Å². The van der Waals surface area contributed by atoms with Gasteiger partial charge in [-0.3, -0.25) is 0 Å². The molecule has 0 radical (unpaired) electrons. The smallest absolute Gasteiger partial charge is 0.323 e. The molecule has 9 nitrogen and oxygen atoms in total. The van der Waals surface area contributed by atoms with E-state index in [-0.39, 0.29) is 22.8 Å². The Bertz CT molecular complexity index is 1420. The van der Waals surface area contributed by atoms with Gasteiger partial charge in [0.1, 0.15) is 23.4 Å². The number of benzene rings is 2. The van der Waals surface area contributed by atoms with Gasteiger partial charge in [-0.15, -0.1) is 0 Å². The molecule has 2 aromatic carbocycles. The number of nitriles is 1. The third kappa shape index (κ3) is 6.51. The Morgan fingerprint density at radius 3 is 2.52 bits per heavy atom. The lowest BCUT2D eigenvalue weighted by atomic mass is 9.86. The van der Waals surface area contributed by atoms with Gasteiger partial charge in [0.2, 0.25) is 0 Å². The highest BCUT2D eigenvalue weighted by atomic mass is 19.1. The lowest BCUT2D eigenvalue weighted by Gasteiger charge is -2.37. The van der Waals surface area contributed by atoms with Crippen molar-refractivity contribution >= 4 is 23.0 Å². The number of aliphatic hydroxyl groups is 2. The second-order valence-electron chi connectivity index (χ2n) is 9.51. The van der Waals surface area contributed by atoms with Crippen molar-refractivity contribution in [3.63, 3.8) is 0 Å². The first-order valence-electron chi connectivity index (χ1n) is 13.0. The van der Waals surface area contributed by atoms with Gasteiger partial charge < -0.3 is 35.8 Å². The minimum absolute atomic E-state index is 0.114. The molecule has 0 saturated heterocycles. The van der Waals surface area contributed by atoms with Crippen LogP contribution in [0.4, 0.5) is 20.6 Å². The van der Waals surface area contributed by atoms with E-state index in [9.17, 15) is 29.8 Å². The number of β-amino-alcohol motifs (C(OH)–C–C–N with tert-alkyl or cyclic N) is 1. The minimum atomic E-state index is -0.639. The van der Waals surface area contributed by atoms with Crippen LogP contribution in [0.5, 0.6) is 5.75 Å². The van der Waals surface area contributed by atoms with E-state index >= 15 is 0 Å². The molecule has 40 heavy (non-hydrogen) atoms. The summed E-state index contributed by atoms with van der Waals surface area (Å²) < 4.78 is 13.1. The van der Waals surface area contributed by atoms with Crippen molar-refractivity contribution in [3.8, 4) is 11.8 Å². The summed E-state index contributed by atoms with van der Waals surface area (Å²) in [4.78, 5) is 16.4. The van der Waals surface area contributed by atoms with Gasteiger partial charge in [-0.05, 0) is 84.4 Å². The fraction of sp³-hybridized carbons (Fsp3) is 0.267. The molecule has 2 aliphatic rings. The van der Waals surface area contributed by atoms with E-state index in [4.69, 9.17) is 0 Å². The predicted molar refractivity (Wildman–Crippen MR) is 152 cm³/mol. The summed E-state index contributed by atoms with van der Waals surface area (Å²) in [6.45, 7) is 6.52. The Morgan fingerprint density at radius 2 is 1.88 bits per heavy atom. The third-order valence-corrected chi connectivity index (χ3v) is 6.88. The maximum Gasteiger partial charge on any atom is 0.323 e. The predicted octanol–water partition coefficient (Wildman–Crippen LogP) is 4.73. The lowest BCUT2D eigenvalue weighted by Crippen LogP contribution is -2.43. The average Bonchev–Trinajstić information content (AvgIpc) is 2.94. The zero-order chi connectivity index (χ0) is 28.8. The number of carbonyl (C=O) groups excluding carboxylic acids is 1. The quantitative estimate of drug-likeness (QED) is 0.288. The standard InChI is InChI=1S/C30H32FN5O4/c1-3-35(4-2)17-23(37)18-36-12-11-24(25-13-20(16-32)28(38)15-27(25)36)19-5-10-26(29(39)14-19)34-30(40)33-22-8-6-21(31)7-9-22/h5-15,23,27,37-39H,3-4,17-18H2,1-2H3,(H2,33,34,40)/t23-,27?/m1/s1. The Hall–Kier alpha value is -4.59. The van der Waals surface area contributed by atoms with Crippen LogP contribution < -0.4 is 10.6 Å². The molecule has 0 aromatic heterocycles. The van der Waals surface area contributed by atoms with E-state index in [2.05, 4.69) is 15.5 Å². The average molecular weight is 546 g/mol. The van der Waals surface area contributed by atoms with E-state index in [0.29, 0.717) is 29.9 Å². The SMILES string of the molecule is CCN(CC)C[C@@H](O)CN1C=CC(c2ccc(NC(=O)Nc3ccc(F)cc3)c(O)c2)=C2C=C(C#N)C(O)=CC21. The van der Waals surface area contributed by atoms with Gasteiger partial charge in [-0.2, -0.15) is 5.26 Å². The number of aliphatic hydroxyl groups excluding tert-OH is 2. The summed E-state index contributed by atoms with van der Waals surface area (Å²) in [5, 5.41) is 46.6. The second-order valence-corrected chi connectivity index (χ2v) is 9.51. The highest BCUT2D eigenvalue weighted by Gasteiger charge is 2.30. The molecule has 1 aliphatic heterocycles. The van der Waals surface area contributed by atoms with Crippen LogP contribution >= 0.6 is 0 Å². The Labute approximate surface area is 232 Å². The number of anilines is 2. The van der Waals surface area contributed by atoms with E-state index < -0.39 is 24.0 Å². The van der Waals surface area contributed by atoms with Crippen LogP contribution in [0.3, 0.4) is 0 Å². The minimum Gasteiger partial charge on any atom is -0.507 e. The number of hydrogen-bond acceptors (Lipinski definition) is 7. The fourth-order valence-electron chi connectivity index (χ4n) is 4.75. The van der Waals surface area contributed by atoms with Crippen molar-refractivity contribution in [1.29, 1.82) is 5.26 Å². The largest absolute Gasteiger partial charge is 0.507 e. The van der Waals surface area contributed by atoms with Crippen molar-refractivity contribution in [2.45, 2.75) is 26.0 Å². The van der Waals surface area contributed by atoms with E-state index in [1.165, 1.54) is 30.3 Å². The Morgan fingerprint density at radius 1 is 1.15 bits per heavy atom. The molecule has 0 spiro atoms. The van der Waals surface area contributed by atoms with Crippen LogP contribution in [0.15, 0.2) is 83.8 Å². The lowest BCUT2D eigenvalue weighted by molar-refractivity contribution is 0.0877. The number of fused-ring (bicyclic) bond motifs is 1. The van der Waals surface area contributed by atoms with E-state index in [0.717, 1.165) is 18.7 Å². The van der Waals surface area contributed by atoms with Crippen LogP contribution in [0.2, 0.25) is 0 Å². The van der Waals surface area contributed by atoms with Gasteiger partial charge in [0.05, 0.1) is 23.4 Å². The van der Waals surface area contributed by atoms with Crippen molar-refractivity contribution in [3.05, 3.63) is 95.2 Å². The Balaban J connectivity index is 1.57. The second kappa shape index (κ2) is 12.5. The van der Waals surface area contributed by atoms with Crippen LogP contribution in [0.25, 0.3) is 5.57 Å². The Kier molecular flexibility index (Phi) is 8.89. The normalized spacial score (nSPS) is 17.1. The molecule has 2 aromatic rings. The molecular formula is C30H32FN5O4. The first-order valence-corrected chi connectivity index (χ1v) is 13.0. The van der Waals surface area contributed by atoms with Crippen molar-refractivity contribution in [2.24, 2.45) is 0 Å². The maximum atomic E-state index is 13.1. The van der Waals surface area contributed by atoms with Gasteiger partial charge in [0, 0.05) is 25.0 Å². The maximum absolute atomic E-state index is 13.1. The number of hydrogen-bond donors (Lipinski definition) is 5. The number of amides is 2. The number of allylic oxidation sites excluding steroid dienone is 3. The summed E-state index contributed by atoms with van der Waals surface area (Å²) >= 11 is 0. The molecule has 10 heteroatoms. The van der Waals surface area contributed by atoms with Gasteiger partial charge in [0.15, 0.2) is 0 Å². The first kappa shape index (κ1) is 28.4. The molecule has 0 fully saturated rings. The van der Waals surface area contributed by atoms with Gasteiger partial charge >= 0.3 is 6.03 Å². The zero-order valence-electron chi connectivity index (χ0n) is 22.3. The third-order valence-electron chi connectivity index (χ3n) is 6.88. The number of rotatable bonds is 9. The summed E-state index contributed by atoms with van der Waals surface area (Å²) in [7, 11) is 0. The number of urea groups is 1. The molecular weight excluding hydrogens is 513 g/mol. The van der Waals surface area contributed by atoms with E-state index in [1.54, 1.807) is 24.3 Å². The van der Waals surface area contributed by atoms with Crippen LogP contribution in [-0.4, -0.2) is 69.5 Å². The molecule has 0 saturated carbocycles. The zero-order valence-corrected chi connectivity index (χ0v) is 22.3. The number of phenolic OH excluding ortho intramolecular Hbond substituents is 1. The van der Waals surface area contributed by atoms with Crippen LogP contribution in [0, 0.1) is 17.1 Å². The number of nitrogens with zero attached hydrogens (tertiary/aromatic N) is 3. The number of nitrogens with one attached hydrogen (secondary N) is 2. The number of phenols is 1. The fourth-order valence-corrected chi connectivity index (χ4v) is 4.75. The molecule has 208 valence electrons. The first-order chi connectivity index (χ1) is 19.2. The highest BCUT2D eigenvalue weighted by molar-refractivity contribution is 6.01.